The number of aryl methyl sites for hydroxylation is 2. The first-order valence-electron chi connectivity index (χ1n) is 6.44. The number of ether oxygens (including phenoxy) is 1. The molecular weight excluding hydrogens is 210 g/mol. The molecule has 2 rings (SSSR count). The standard InChI is InChI=1S/C15H23NO/c1-10-5-6-13(9-11(10)2)14(16-3)15(17-4)12-7-8-12/h5-6,9,12,14-16H,7-8H2,1-4H3. The van der Waals surface area contributed by atoms with E-state index in [1.807, 2.05) is 14.2 Å². The van der Waals surface area contributed by atoms with Crippen molar-refractivity contribution in [3.8, 4) is 0 Å². The van der Waals surface area contributed by atoms with Gasteiger partial charge in [-0.15, -0.1) is 0 Å². The van der Waals surface area contributed by atoms with Gasteiger partial charge in [-0.2, -0.15) is 0 Å². The normalized spacial score (nSPS) is 19.1. The van der Waals surface area contributed by atoms with Gasteiger partial charge in [0.05, 0.1) is 12.1 Å². The zero-order chi connectivity index (χ0) is 12.4. The highest BCUT2D eigenvalue weighted by Gasteiger charge is 2.36. The predicted molar refractivity (Wildman–Crippen MR) is 71.2 cm³/mol. The van der Waals surface area contributed by atoms with Crippen LogP contribution < -0.4 is 5.32 Å². The molecule has 1 aliphatic rings. The SMILES string of the molecule is CNC(c1ccc(C)c(C)c1)C(OC)C1CC1. The number of rotatable bonds is 5. The van der Waals surface area contributed by atoms with Gasteiger partial charge in [-0.05, 0) is 56.3 Å². The van der Waals surface area contributed by atoms with Crippen molar-refractivity contribution in [2.45, 2.75) is 38.8 Å². The summed E-state index contributed by atoms with van der Waals surface area (Å²) in [5.41, 5.74) is 4.05. The number of hydrogen-bond acceptors (Lipinski definition) is 2. The van der Waals surface area contributed by atoms with Crippen LogP contribution in [0, 0.1) is 19.8 Å². The molecule has 2 unspecified atom stereocenters. The summed E-state index contributed by atoms with van der Waals surface area (Å²) in [5, 5.41) is 3.41. The van der Waals surface area contributed by atoms with Crippen molar-refractivity contribution < 1.29 is 4.74 Å². The average Bonchev–Trinajstić information content (AvgIpc) is 3.14. The van der Waals surface area contributed by atoms with Crippen LogP contribution in [0.3, 0.4) is 0 Å². The first-order chi connectivity index (χ1) is 8.17. The van der Waals surface area contributed by atoms with E-state index in [0.29, 0.717) is 12.1 Å². The number of likely N-dealkylation sites (N-methyl/N-ethyl adjacent to an activating group) is 1. The zero-order valence-corrected chi connectivity index (χ0v) is 11.3. The van der Waals surface area contributed by atoms with Gasteiger partial charge in [0, 0.05) is 7.11 Å². The van der Waals surface area contributed by atoms with E-state index in [1.54, 1.807) is 0 Å². The topological polar surface area (TPSA) is 21.3 Å². The molecule has 17 heavy (non-hydrogen) atoms. The second-order valence-corrected chi connectivity index (χ2v) is 5.15. The van der Waals surface area contributed by atoms with Crippen LogP contribution in [0.4, 0.5) is 0 Å². The van der Waals surface area contributed by atoms with Gasteiger partial charge >= 0.3 is 0 Å². The molecule has 0 radical (unpaired) electrons. The van der Waals surface area contributed by atoms with Crippen LogP contribution in [0.25, 0.3) is 0 Å². The maximum atomic E-state index is 5.69. The molecule has 2 heteroatoms. The van der Waals surface area contributed by atoms with Crippen molar-refractivity contribution in [2.24, 2.45) is 5.92 Å². The zero-order valence-electron chi connectivity index (χ0n) is 11.3. The van der Waals surface area contributed by atoms with Gasteiger partial charge < -0.3 is 10.1 Å². The Balaban J connectivity index is 2.23. The van der Waals surface area contributed by atoms with Crippen LogP contribution in [0.5, 0.6) is 0 Å². The molecule has 0 bridgehead atoms. The summed E-state index contributed by atoms with van der Waals surface area (Å²) in [5.74, 6) is 0.735. The van der Waals surface area contributed by atoms with E-state index in [2.05, 4.69) is 37.4 Å². The minimum Gasteiger partial charge on any atom is -0.379 e. The van der Waals surface area contributed by atoms with Crippen molar-refractivity contribution in [1.82, 2.24) is 5.32 Å². The van der Waals surface area contributed by atoms with Gasteiger partial charge in [0.2, 0.25) is 0 Å². The van der Waals surface area contributed by atoms with Gasteiger partial charge in [-0.1, -0.05) is 18.2 Å². The van der Waals surface area contributed by atoms with Crippen LogP contribution >= 0.6 is 0 Å². The van der Waals surface area contributed by atoms with E-state index in [1.165, 1.54) is 29.5 Å². The Morgan fingerprint density at radius 1 is 1.24 bits per heavy atom. The number of benzene rings is 1. The molecule has 1 aliphatic carbocycles. The highest BCUT2D eigenvalue weighted by Crippen LogP contribution is 2.39. The number of methoxy groups -OCH3 is 1. The Bertz CT molecular complexity index is 385. The van der Waals surface area contributed by atoms with E-state index in [4.69, 9.17) is 4.74 Å². The summed E-state index contributed by atoms with van der Waals surface area (Å²) in [7, 11) is 3.85. The lowest BCUT2D eigenvalue weighted by Crippen LogP contribution is -2.32. The molecular formula is C15H23NO. The molecule has 1 aromatic carbocycles. The highest BCUT2D eigenvalue weighted by atomic mass is 16.5. The third-order valence-electron chi connectivity index (χ3n) is 3.89. The van der Waals surface area contributed by atoms with Crippen molar-refractivity contribution in [3.05, 3.63) is 34.9 Å². The van der Waals surface area contributed by atoms with Gasteiger partial charge in [0.25, 0.3) is 0 Å². The first-order valence-corrected chi connectivity index (χ1v) is 6.44. The molecule has 94 valence electrons. The van der Waals surface area contributed by atoms with Crippen LogP contribution in [0.1, 0.15) is 35.6 Å². The maximum absolute atomic E-state index is 5.69. The minimum atomic E-state index is 0.308. The molecule has 0 aromatic heterocycles. The Morgan fingerprint density at radius 3 is 2.41 bits per heavy atom. The van der Waals surface area contributed by atoms with Gasteiger partial charge in [-0.3, -0.25) is 0 Å². The third-order valence-corrected chi connectivity index (χ3v) is 3.89. The molecule has 0 aliphatic heterocycles. The molecule has 1 fully saturated rings. The minimum absolute atomic E-state index is 0.308. The Kier molecular flexibility index (Phi) is 3.85. The summed E-state index contributed by atoms with van der Waals surface area (Å²) in [6.45, 7) is 4.33. The molecule has 0 saturated heterocycles. The number of hydrogen-bond donors (Lipinski definition) is 1. The molecule has 2 nitrogen and oxygen atoms in total. The second-order valence-electron chi connectivity index (χ2n) is 5.15. The van der Waals surface area contributed by atoms with Gasteiger partial charge in [0.1, 0.15) is 0 Å². The average molecular weight is 233 g/mol. The van der Waals surface area contributed by atoms with E-state index in [9.17, 15) is 0 Å². The summed E-state index contributed by atoms with van der Waals surface area (Å²) in [6.07, 6.45) is 2.92. The lowest BCUT2D eigenvalue weighted by atomic mass is 9.95. The lowest BCUT2D eigenvalue weighted by Gasteiger charge is -2.26. The van der Waals surface area contributed by atoms with Crippen LogP contribution in [-0.2, 0) is 4.74 Å². The molecule has 0 spiro atoms. The predicted octanol–water partition coefficient (Wildman–Crippen LogP) is 2.99. The largest absolute Gasteiger partial charge is 0.379 e. The Morgan fingerprint density at radius 2 is 1.94 bits per heavy atom. The maximum Gasteiger partial charge on any atom is 0.0793 e. The van der Waals surface area contributed by atoms with Crippen molar-refractivity contribution in [3.63, 3.8) is 0 Å². The Labute approximate surface area is 104 Å². The summed E-state index contributed by atoms with van der Waals surface area (Å²) in [4.78, 5) is 0. The highest BCUT2D eigenvalue weighted by molar-refractivity contribution is 5.32. The second kappa shape index (κ2) is 5.19. The van der Waals surface area contributed by atoms with Crippen molar-refractivity contribution in [1.29, 1.82) is 0 Å². The first kappa shape index (κ1) is 12.6. The summed E-state index contributed by atoms with van der Waals surface area (Å²) < 4.78 is 5.69. The smallest absolute Gasteiger partial charge is 0.0793 e. The lowest BCUT2D eigenvalue weighted by molar-refractivity contribution is 0.0530. The monoisotopic (exact) mass is 233 g/mol. The fraction of sp³-hybridized carbons (Fsp3) is 0.600. The van der Waals surface area contributed by atoms with Crippen molar-refractivity contribution >= 4 is 0 Å². The quantitative estimate of drug-likeness (QED) is 0.844. The molecule has 2 atom stereocenters. The molecule has 1 saturated carbocycles. The fourth-order valence-electron chi connectivity index (χ4n) is 2.50. The Hall–Kier alpha value is -0.860. The molecule has 1 N–H and O–H groups in total. The van der Waals surface area contributed by atoms with E-state index in [0.717, 1.165) is 5.92 Å². The van der Waals surface area contributed by atoms with Crippen LogP contribution in [0.2, 0.25) is 0 Å². The van der Waals surface area contributed by atoms with Gasteiger partial charge in [0.15, 0.2) is 0 Å². The fourth-order valence-corrected chi connectivity index (χ4v) is 2.50. The molecule has 0 amide bonds. The number of nitrogens with one attached hydrogen (secondary N) is 1. The summed E-state index contributed by atoms with van der Waals surface area (Å²) >= 11 is 0. The van der Waals surface area contributed by atoms with Gasteiger partial charge in [-0.25, -0.2) is 0 Å². The van der Waals surface area contributed by atoms with Crippen LogP contribution in [-0.4, -0.2) is 20.3 Å². The van der Waals surface area contributed by atoms with E-state index < -0.39 is 0 Å². The summed E-state index contributed by atoms with van der Waals surface area (Å²) in [6, 6.07) is 7.02. The van der Waals surface area contributed by atoms with E-state index >= 15 is 0 Å². The van der Waals surface area contributed by atoms with Crippen molar-refractivity contribution in [2.75, 3.05) is 14.2 Å². The molecule has 0 heterocycles. The van der Waals surface area contributed by atoms with Crippen LogP contribution in [0.15, 0.2) is 18.2 Å². The molecule has 1 aromatic rings. The third kappa shape index (κ3) is 2.70. The van der Waals surface area contributed by atoms with E-state index in [-0.39, 0.29) is 0 Å².